The average Bonchev–Trinajstić information content (AvgIpc) is 3.23. The molecule has 2 heterocycles. The van der Waals surface area contributed by atoms with Crippen molar-refractivity contribution in [3.05, 3.63) is 64.7 Å². The van der Waals surface area contributed by atoms with Gasteiger partial charge in [0.05, 0.1) is 6.54 Å². The topological polar surface area (TPSA) is 155 Å². The summed E-state index contributed by atoms with van der Waals surface area (Å²) in [6.07, 6.45) is 0. The van der Waals surface area contributed by atoms with E-state index < -0.39 is 33.1 Å². The predicted octanol–water partition coefficient (Wildman–Crippen LogP) is 1.72. The van der Waals surface area contributed by atoms with E-state index in [9.17, 15) is 23.1 Å². The Hall–Kier alpha value is -3.41. The highest BCUT2D eigenvalue weighted by atomic mass is 35.5. The molecule has 2 atom stereocenters. The van der Waals surface area contributed by atoms with Crippen LogP contribution < -0.4 is 10.6 Å². The number of carboxylic acids is 1. The number of benzene rings is 2. The highest BCUT2D eigenvalue weighted by molar-refractivity contribution is 7.91. The SMILES string of the molecule is CNC(=N)c1ccc(C(N2CC(=O)N[C@@H](C(=O)O)C2)S(=O)(=O)c2cc3cc(Cl)ccc3[nH]2)cc1. The molecule has 1 aliphatic rings. The fourth-order valence-electron chi connectivity index (χ4n) is 3.98. The maximum atomic E-state index is 13.9. The summed E-state index contributed by atoms with van der Waals surface area (Å²) in [5.74, 6) is -1.69. The number of carbonyl (C=O) groups is 2. The summed E-state index contributed by atoms with van der Waals surface area (Å²) in [6.45, 7) is -0.501. The third-order valence-electron chi connectivity index (χ3n) is 5.62. The third kappa shape index (κ3) is 4.49. The number of fused-ring (bicyclic) bond motifs is 1. The number of amidine groups is 1. The van der Waals surface area contributed by atoms with E-state index in [1.54, 1.807) is 49.5 Å². The van der Waals surface area contributed by atoms with Crippen LogP contribution in [0.1, 0.15) is 16.5 Å². The number of nitrogens with one attached hydrogen (secondary N) is 4. The minimum absolute atomic E-state index is 0.0836. The standard InChI is InChI=1S/C22H22ClN5O5S/c1-25-20(24)12-2-4-13(5-3-12)21(28-10-17(22(30)31)26-18(29)11-28)34(32,33)19-9-14-8-15(23)6-7-16(14)27-19/h2-9,17,21,27H,10-11H2,1H3,(H2,24,25)(H,26,29)(H,30,31)/t17-,21?/m1/s1. The molecule has 4 rings (SSSR count). The van der Waals surface area contributed by atoms with Gasteiger partial charge in [0.2, 0.25) is 15.7 Å². The summed E-state index contributed by atoms with van der Waals surface area (Å²) in [5, 5.41) is 22.1. The first kappa shape index (κ1) is 23.7. The van der Waals surface area contributed by atoms with Gasteiger partial charge in [-0.3, -0.25) is 15.1 Å². The lowest BCUT2D eigenvalue weighted by atomic mass is 10.1. The van der Waals surface area contributed by atoms with Crippen molar-refractivity contribution in [2.45, 2.75) is 16.4 Å². The number of piperazine rings is 1. The maximum Gasteiger partial charge on any atom is 0.327 e. The summed E-state index contributed by atoms with van der Waals surface area (Å²) in [6, 6.07) is 11.5. The van der Waals surface area contributed by atoms with Crippen LogP contribution in [0.15, 0.2) is 53.6 Å². The molecule has 1 amide bonds. The lowest BCUT2D eigenvalue weighted by Crippen LogP contribution is -2.58. The third-order valence-corrected chi connectivity index (χ3v) is 7.85. The van der Waals surface area contributed by atoms with Crippen molar-refractivity contribution >= 4 is 50.1 Å². The van der Waals surface area contributed by atoms with Gasteiger partial charge in [-0.2, -0.15) is 0 Å². The number of H-pyrrole nitrogens is 1. The first-order valence-corrected chi connectivity index (χ1v) is 12.2. The number of halogens is 1. The van der Waals surface area contributed by atoms with E-state index in [0.29, 0.717) is 27.1 Å². The second-order valence-electron chi connectivity index (χ2n) is 7.90. The molecular weight excluding hydrogens is 482 g/mol. The van der Waals surface area contributed by atoms with Crippen molar-refractivity contribution in [3.63, 3.8) is 0 Å². The van der Waals surface area contributed by atoms with Crippen molar-refractivity contribution in [2.75, 3.05) is 20.1 Å². The number of aliphatic carboxylic acids is 1. The summed E-state index contributed by atoms with van der Waals surface area (Å²) < 4.78 is 27.8. The van der Waals surface area contributed by atoms with Crippen molar-refractivity contribution in [1.82, 2.24) is 20.5 Å². The van der Waals surface area contributed by atoms with Gasteiger partial charge in [0.25, 0.3) is 0 Å². The molecule has 0 radical (unpaired) electrons. The molecule has 0 saturated carbocycles. The molecule has 12 heteroatoms. The van der Waals surface area contributed by atoms with Crippen molar-refractivity contribution in [2.24, 2.45) is 0 Å². The number of carboxylic acid groups (broad SMARTS) is 1. The van der Waals surface area contributed by atoms with Crippen LogP contribution in [0.5, 0.6) is 0 Å². The molecule has 34 heavy (non-hydrogen) atoms. The molecule has 2 aromatic carbocycles. The number of rotatable bonds is 6. The van der Waals surface area contributed by atoms with Crippen molar-refractivity contribution < 1.29 is 23.1 Å². The molecule has 1 fully saturated rings. The number of aromatic nitrogens is 1. The van der Waals surface area contributed by atoms with Crippen LogP contribution >= 0.6 is 11.6 Å². The second-order valence-corrected chi connectivity index (χ2v) is 10.3. The summed E-state index contributed by atoms with van der Waals surface area (Å²) in [7, 11) is -2.55. The van der Waals surface area contributed by atoms with E-state index in [-0.39, 0.29) is 24.0 Å². The molecule has 5 N–H and O–H groups in total. The minimum Gasteiger partial charge on any atom is -0.480 e. The van der Waals surface area contributed by atoms with E-state index in [4.69, 9.17) is 17.0 Å². The molecule has 3 aromatic rings. The van der Waals surface area contributed by atoms with Gasteiger partial charge >= 0.3 is 5.97 Å². The van der Waals surface area contributed by atoms with E-state index in [0.717, 1.165) is 0 Å². The zero-order valence-corrected chi connectivity index (χ0v) is 19.6. The molecule has 1 aromatic heterocycles. The molecule has 1 unspecified atom stereocenters. The number of hydrogen-bond acceptors (Lipinski definition) is 6. The number of amides is 1. The zero-order valence-electron chi connectivity index (χ0n) is 18.0. The first-order valence-electron chi connectivity index (χ1n) is 10.2. The summed E-state index contributed by atoms with van der Waals surface area (Å²) in [4.78, 5) is 28.1. The van der Waals surface area contributed by atoms with Gasteiger partial charge in [0.15, 0.2) is 0 Å². The van der Waals surface area contributed by atoms with Crippen LogP contribution in [0.25, 0.3) is 10.9 Å². The monoisotopic (exact) mass is 503 g/mol. The van der Waals surface area contributed by atoms with Crippen LogP contribution in [0.2, 0.25) is 5.02 Å². The Balaban J connectivity index is 1.83. The lowest BCUT2D eigenvalue weighted by Gasteiger charge is -2.36. The Kier molecular flexibility index (Phi) is 6.34. The predicted molar refractivity (Wildman–Crippen MR) is 127 cm³/mol. The maximum absolute atomic E-state index is 13.9. The molecule has 1 aliphatic heterocycles. The Bertz CT molecular complexity index is 1390. The van der Waals surface area contributed by atoms with Crippen LogP contribution in [-0.4, -0.2) is 67.3 Å². The Labute approximate surface area is 200 Å². The van der Waals surface area contributed by atoms with Gasteiger partial charge in [0, 0.05) is 35.1 Å². The largest absolute Gasteiger partial charge is 0.480 e. The van der Waals surface area contributed by atoms with Crippen molar-refractivity contribution in [3.8, 4) is 0 Å². The van der Waals surface area contributed by atoms with Gasteiger partial charge in [-0.1, -0.05) is 35.9 Å². The minimum atomic E-state index is -4.15. The Morgan fingerprint density at radius 2 is 1.94 bits per heavy atom. The van der Waals surface area contributed by atoms with E-state index in [1.807, 2.05) is 0 Å². The summed E-state index contributed by atoms with van der Waals surface area (Å²) in [5.41, 5.74) is 1.45. The van der Waals surface area contributed by atoms with E-state index in [2.05, 4.69) is 15.6 Å². The second kappa shape index (κ2) is 9.09. The van der Waals surface area contributed by atoms with E-state index in [1.165, 1.54) is 11.0 Å². The highest BCUT2D eigenvalue weighted by Gasteiger charge is 2.41. The van der Waals surface area contributed by atoms with Crippen LogP contribution in [0.3, 0.4) is 0 Å². The number of nitrogens with zero attached hydrogens (tertiary/aromatic N) is 1. The quantitative estimate of drug-likeness (QED) is 0.253. The van der Waals surface area contributed by atoms with Crippen LogP contribution in [-0.2, 0) is 19.4 Å². The number of hydrogen-bond donors (Lipinski definition) is 5. The van der Waals surface area contributed by atoms with Gasteiger partial charge < -0.3 is 20.7 Å². The Morgan fingerprint density at radius 1 is 1.24 bits per heavy atom. The molecule has 0 bridgehead atoms. The first-order chi connectivity index (χ1) is 16.1. The van der Waals surface area contributed by atoms with Gasteiger partial charge in [-0.15, -0.1) is 0 Å². The van der Waals surface area contributed by atoms with Gasteiger partial charge in [-0.25, -0.2) is 13.2 Å². The molecule has 10 nitrogen and oxygen atoms in total. The molecule has 0 aliphatic carbocycles. The molecule has 178 valence electrons. The van der Waals surface area contributed by atoms with Crippen molar-refractivity contribution in [1.29, 1.82) is 5.41 Å². The fraction of sp³-hybridized carbons (Fsp3) is 0.227. The molecule has 1 saturated heterocycles. The van der Waals surface area contributed by atoms with E-state index >= 15 is 0 Å². The molecule has 0 spiro atoms. The number of sulfone groups is 1. The Morgan fingerprint density at radius 3 is 2.59 bits per heavy atom. The van der Waals surface area contributed by atoms with Gasteiger partial charge in [0.1, 0.15) is 22.3 Å². The van der Waals surface area contributed by atoms with Gasteiger partial charge in [-0.05, 0) is 29.8 Å². The summed E-state index contributed by atoms with van der Waals surface area (Å²) >= 11 is 6.04. The normalized spacial score (nSPS) is 17.8. The molecular formula is C22H22ClN5O5S. The lowest BCUT2D eigenvalue weighted by molar-refractivity contribution is -0.145. The number of aromatic amines is 1. The van der Waals surface area contributed by atoms with Crippen LogP contribution in [0.4, 0.5) is 0 Å². The fourth-order valence-corrected chi connectivity index (χ4v) is 6.02. The van der Waals surface area contributed by atoms with Crippen LogP contribution in [0, 0.1) is 5.41 Å². The number of carbonyl (C=O) groups excluding carboxylic acids is 1. The zero-order chi connectivity index (χ0) is 24.6. The average molecular weight is 504 g/mol. The highest BCUT2D eigenvalue weighted by Crippen LogP contribution is 2.35. The smallest absolute Gasteiger partial charge is 0.327 e.